The number of benzene rings is 2. The number of nitrogens with zero attached hydrogens (tertiary/aromatic N) is 5. The Morgan fingerprint density at radius 2 is 1.73 bits per heavy atom. The van der Waals surface area contributed by atoms with Gasteiger partial charge in [-0.25, -0.2) is 22.6 Å². The Hall–Kier alpha value is -4.09. The zero-order valence-corrected chi connectivity index (χ0v) is 25.4. The summed E-state index contributed by atoms with van der Waals surface area (Å²) in [6.07, 6.45) is 3.68. The van der Waals surface area contributed by atoms with Crippen molar-refractivity contribution in [2.45, 2.75) is 71.1 Å². The molecule has 1 aliphatic heterocycles. The molecule has 1 aliphatic carbocycles. The minimum Gasteiger partial charge on any atom is -0.491 e. The molecule has 44 heavy (non-hydrogen) atoms. The van der Waals surface area contributed by atoms with Crippen molar-refractivity contribution in [3.05, 3.63) is 65.6 Å². The van der Waals surface area contributed by atoms with E-state index in [1.807, 2.05) is 0 Å². The fourth-order valence-electron chi connectivity index (χ4n) is 5.92. The van der Waals surface area contributed by atoms with Gasteiger partial charge in [-0.05, 0) is 89.8 Å². The molecule has 236 valence electrons. The van der Waals surface area contributed by atoms with Gasteiger partial charge in [0.15, 0.2) is 11.6 Å². The van der Waals surface area contributed by atoms with Gasteiger partial charge in [-0.3, -0.25) is 4.79 Å². The molecule has 1 saturated heterocycles. The molecule has 3 aromatic rings. The Bertz CT molecular complexity index is 1500. The first kappa shape index (κ1) is 31.3. The third-order valence-corrected chi connectivity index (χ3v) is 8.09. The van der Waals surface area contributed by atoms with E-state index in [0.29, 0.717) is 43.5 Å². The number of amides is 2. The van der Waals surface area contributed by atoms with Crippen molar-refractivity contribution in [3.63, 3.8) is 0 Å². The molecular formula is C32H38F3N5O4. The molecule has 2 aliphatic rings. The highest BCUT2D eigenvalue weighted by molar-refractivity contribution is 5.80. The number of rotatable bonds is 6. The van der Waals surface area contributed by atoms with Gasteiger partial charge in [-0.1, -0.05) is 5.21 Å². The largest absolute Gasteiger partial charge is 0.491 e. The van der Waals surface area contributed by atoms with E-state index in [0.717, 1.165) is 18.2 Å². The lowest BCUT2D eigenvalue weighted by atomic mass is 9.84. The third kappa shape index (κ3) is 7.00. The van der Waals surface area contributed by atoms with E-state index in [1.165, 1.54) is 11.0 Å². The molecule has 5 rings (SSSR count). The van der Waals surface area contributed by atoms with E-state index in [9.17, 15) is 22.8 Å². The number of aromatic nitrogens is 3. The van der Waals surface area contributed by atoms with Gasteiger partial charge in [0, 0.05) is 36.7 Å². The fraction of sp³-hybridized carbons (Fsp3) is 0.500. The molecule has 0 N–H and O–H groups in total. The average molecular weight is 614 g/mol. The highest BCUT2D eigenvalue weighted by Gasteiger charge is 2.40. The molecule has 2 fully saturated rings. The van der Waals surface area contributed by atoms with Crippen molar-refractivity contribution in [3.8, 4) is 17.0 Å². The van der Waals surface area contributed by atoms with Crippen LogP contribution in [-0.4, -0.2) is 68.6 Å². The molecule has 12 heteroatoms. The second-order valence-electron chi connectivity index (χ2n) is 12.3. The summed E-state index contributed by atoms with van der Waals surface area (Å²) in [6, 6.07) is 6.99. The summed E-state index contributed by atoms with van der Waals surface area (Å²) < 4.78 is 56.1. The number of ether oxygens (including phenoxy) is 2. The number of piperazine rings is 1. The van der Waals surface area contributed by atoms with E-state index >= 15 is 0 Å². The monoisotopic (exact) mass is 613 g/mol. The first-order chi connectivity index (χ1) is 20.9. The molecule has 2 heterocycles. The van der Waals surface area contributed by atoms with Gasteiger partial charge in [-0.15, -0.1) is 5.10 Å². The zero-order valence-electron chi connectivity index (χ0n) is 25.4. The van der Waals surface area contributed by atoms with Crippen LogP contribution in [0.5, 0.6) is 5.75 Å². The van der Waals surface area contributed by atoms with Crippen LogP contribution in [0, 0.1) is 23.4 Å². The summed E-state index contributed by atoms with van der Waals surface area (Å²) in [7, 11) is 0. The number of carbonyl (C=O) groups excluding carboxylic acids is 2. The highest BCUT2D eigenvalue weighted by Crippen LogP contribution is 2.37. The quantitative estimate of drug-likeness (QED) is 0.324. The van der Waals surface area contributed by atoms with Crippen LogP contribution >= 0.6 is 0 Å². The smallest absolute Gasteiger partial charge is 0.410 e. The third-order valence-electron chi connectivity index (χ3n) is 8.09. The van der Waals surface area contributed by atoms with E-state index < -0.39 is 35.2 Å². The maximum absolute atomic E-state index is 15.0. The molecule has 1 unspecified atom stereocenters. The molecule has 2 aromatic carbocycles. The molecule has 9 nitrogen and oxygen atoms in total. The van der Waals surface area contributed by atoms with Crippen LogP contribution in [0.3, 0.4) is 0 Å². The Morgan fingerprint density at radius 1 is 0.977 bits per heavy atom. The van der Waals surface area contributed by atoms with Gasteiger partial charge in [-0.2, -0.15) is 0 Å². The van der Waals surface area contributed by atoms with Crippen molar-refractivity contribution in [1.82, 2.24) is 24.8 Å². The van der Waals surface area contributed by atoms with E-state index in [-0.39, 0.29) is 48.8 Å². The van der Waals surface area contributed by atoms with Crippen molar-refractivity contribution in [1.29, 1.82) is 0 Å². The molecule has 2 amide bonds. The summed E-state index contributed by atoms with van der Waals surface area (Å²) in [5, 5.41) is 8.51. The average Bonchev–Trinajstić information content (AvgIpc) is 3.49. The fourth-order valence-corrected chi connectivity index (χ4v) is 5.92. The van der Waals surface area contributed by atoms with Crippen molar-refractivity contribution >= 4 is 12.0 Å². The Labute approximate surface area is 254 Å². The molecule has 1 aromatic heterocycles. The lowest BCUT2D eigenvalue weighted by molar-refractivity contribution is -0.142. The summed E-state index contributed by atoms with van der Waals surface area (Å²) in [4.78, 5) is 29.7. The van der Waals surface area contributed by atoms with Gasteiger partial charge in [0.2, 0.25) is 5.91 Å². The number of carbonyl (C=O) groups is 2. The summed E-state index contributed by atoms with van der Waals surface area (Å²) in [6.45, 7) is 7.80. The summed E-state index contributed by atoms with van der Waals surface area (Å²) >= 11 is 0. The van der Waals surface area contributed by atoms with Crippen LogP contribution in [0.25, 0.3) is 11.3 Å². The molecule has 1 atom stereocenters. The SMILES string of the molecule is CCOc1ccc(-c2cn(C3CCC(C(=O)N4CCN(C(=O)OC(C)(C)C)CC4c4cc(F)ccc4F)CC3)nn2)cc1F. The van der Waals surface area contributed by atoms with Crippen LogP contribution in [0.4, 0.5) is 18.0 Å². The lowest BCUT2D eigenvalue weighted by Crippen LogP contribution is -2.54. The molecule has 1 saturated carbocycles. The van der Waals surface area contributed by atoms with Gasteiger partial charge < -0.3 is 19.3 Å². The van der Waals surface area contributed by atoms with Gasteiger partial charge in [0.1, 0.15) is 22.9 Å². The minimum absolute atomic E-state index is 0.00770. The van der Waals surface area contributed by atoms with E-state index in [2.05, 4.69) is 10.3 Å². The van der Waals surface area contributed by atoms with Gasteiger partial charge in [0.25, 0.3) is 0 Å². The molecule has 0 bridgehead atoms. The van der Waals surface area contributed by atoms with Crippen LogP contribution < -0.4 is 4.74 Å². The maximum Gasteiger partial charge on any atom is 0.410 e. The Kier molecular flexibility index (Phi) is 9.17. The summed E-state index contributed by atoms with van der Waals surface area (Å²) in [5.41, 5.74) is 0.425. The molecular weight excluding hydrogens is 575 g/mol. The number of hydrogen-bond acceptors (Lipinski definition) is 6. The Morgan fingerprint density at radius 3 is 2.41 bits per heavy atom. The second-order valence-corrected chi connectivity index (χ2v) is 12.3. The van der Waals surface area contributed by atoms with Crippen molar-refractivity contribution in [2.24, 2.45) is 5.92 Å². The zero-order chi connectivity index (χ0) is 31.6. The summed E-state index contributed by atoms with van der Waals surface area (Å²) in [5.74, 6) is -2.02. The number of halogens is 3. The van der Waals surface area contributed by atoms with Gasteiger partial charge in [0.05, 0.1) is 24.9 Å². The van der Waals surface area contributed by atoms with E-state index in [1.54, 1.807) is 55.6 Å². The topological polar surface area (TPSA) is 89.8 Å². The predicted molar refractivity (Wildman–Crippen MR) is 156 cm³/mol. The van der Waals surface area contributed by atoms with Crippen LogP contribution in [0.1, 0.15) is 71.0 Å². The van der Waals surface area contributed by atoms with Gasteiger partial charge >= 0.3 is 6.09 Å². The van der Waals surface area contributed by atoms with Crippen LogP contribution in [0.2, 0.25) is 0 Å². The van der Waals surface area contributed by atoms with Crippen LogP contribution in [-0.2, 0) is 9.53 Å². The molecule has 0 radical (unpaired) electrons. The van der Waals surface area contributed by atoms with Crippen molar-refractivity contribution < 1.29 is 32.2 Å². The minimum atomic E-state index is -0.857. The normalized spacial score (nSPS) is 20.8. The Balaban J connectivity index is 1.27. The van der Waals surface area contributed by atoms with Crippen molar-refractivity contribution in [2.75, 3.05) is 26.2 Å². The maximum atomic E-state index is 15.0. The lowest BCUT2D eigenvalue weighted by Gasteiger charge is -2.43. The predicted octanol–water partition coefficient (Wildman–Crippen LogP) is 6.31. The standard InChI is InChI=1S/C32H38F3N5O4/c1-5-43-29-13-8-21(16-26(29)35)27-18-40(37-36-27)23-10-6-20(7-11-23)30(41)39-15-14-38(31(42)44-32(2,3)4)19-28(39)24-17-22(33)9-12-25(24)34/h8-9,12-13,16-18,20,23,28H,5-7,10-11,14-15,19H2,1-4H3. The van der Waals surface area contributed by atoms with Crippen LogP contribution in [0.15, 0.2) is 42.6 Å². The molecule has 0 spiro atoms. The second kappa shape index (κ2) is 12.9. The number of hydrogen-bond donors (Lipinski definition) is 0. The highest BCUT2D eigenvalue weighted by atomic mass is 19.1. The first-order valence-electron chi connectivity index (χ1n) is 15.0. The van der Waals surface area contributed by atoms with E-state index in [4.69, 9.17) is 9.47 Å². The first-order valence-corrected chi connectivity index (χ1v) is 15.0.